The molecule has 0 atom stereocenters. The third-order valence-corrected chi connectivity index (χ3v) is 5.10. The van der Waals surface area contributed by atoms with Crippen LogP contribution in [-0.4, -0.2) is 54.2 Å². The molecule has 0 spiro atoms. The molecule has 7 heteroatoms. The number of hydrogen-bond donors (Lipinski definition) is 0. The van der Waals surface area contributed by atoms with Gasteiger partial charge in [-0.3, -0.25) is 0 Å². The van der Waals surface area contributed by atoms with Gasteiger partial charge in [-0.2, -0.15) is 4.37 Å². The van der Waals surface area contributed by atoms with Gasteiger partial charge in [-0.25, -0.2) is 9.97 Å². The third-order valence-electron chi connectivity index (χ3n) is 4.28. The maximum Gasteiger partial charge on any atom is 0.205 e. The molecule has 0 aromatic carbocycles. The summed E-state index contributed by atoms with van der Waals surface area (Å²) in [5.41, 5.74) is 0. The lowest BCUT2D eigenvalue weighted by Crippen LogP contribution is -2.43. The summed E-state index contributed by atoms with van der Waals surface area (Å²) in [6.07, 6.45) is 4.86. The first-order chi connectivity index (χ1) is 11.3. The van der Waals surface area contributed by atoms with Crippen molar-refractivity contribution >= 4 is 22.5 Å². The van der Waals surface area contributed by atoms with Crippen molar-refractivity contribution in [1.29, 1.82) is 0 Å². The largest absolute Gasteiger partial charge is 0.384 e. The number of anilines is 2. The Morgan fingerprint density at radius 1 is 1.35 bits per heavy atom. The Morgan fingerprint density at radius 2 is 2.17 bits per heavy atom. The zero-order valence-corrected chi connectivity index (χ0v) is 14.5. The van der Waals surface area contributed by atoms with Crippen LogP contribution >= 0.6 is 11.5 Å². The van der Waals surface area contributed by atoms with Crippen LogP contribution in [0.2, 0.25) is 0 Å². The van der Waals surface area contributed by atoms with Crippen molar-refractivity contribution in [3.8, 4) is 0 Å². The van der Waals surface area contributed by atoms with Crippen LogP contribution in [-0.2, 0) is 11.2 Å². The molecule has 0 amide bonds. The Labute approximate surface area is 141 Å². The van der Waals surface area contributed by atoms with Crippen LogP contribution in [0, 0.1) is 0 Å². The molecule has 0 unspecified atom stereocenters. The molecule has 0 aliphatic carbocycles. The van der Waals surface area contributed by atoms with Gasteiger partial charge >= 0.3 is 0 Å². The fourth-order valence-corrected chi connectivity index (χ4v) is 3.63. The number of nitrogens with zero attached hydrogens (tertiary/aromatic N) is 5. The van der Waals surface area contributed by atoms with E-state index < -0.39 is 0 Å². The lowest BCUT2D eigenvalue weighted by molar-refractivity contribution is 0.201. The van der Waals surface area contributed by atoms with Crippen LogP contribution in [0.15, 0.2) is 24.4 Å². The van der Waals surface area contributed by atoms with Crippen molar-refractivity contribution < 1.29 is 4.74 Å². The first kappa shape index (κ1) is 16.1. The van der Waals surface area contributed by atoms with Crippen molar-refractivity contribution in [2.75, 3.05) is 43.7 Å². The van der Waals surface area contributed by atoms with E-state index in [0.29, 0.717) is 12.6 Å². The Kier molecular flexibility index (Phi) is 5.40. The highest BCUT2D eigenvalue weighted by atomic mass is 32.1. The van der Waals surface area contributed by atoms with Crippen LogP contribution in [0.25, 0.3) is 0 Å². The zero-order chi connectivity index (χ0) is 16.1. The summed E-state index contributed by atoms with van der Waals surface area (Å²) in [4.78, 5) is 13.7. The summed E-state index contributed by atoms with van der Waals surface area (Å²) in [6.45, 7) is 2.70. The van der Waals surface area contributed by atoms with E-state index in [2.05, 4.69) is 37.3 Å². The lowest BCUT2D eigenvalue weighted by Gasteiger charge is -2.37. The van der Waals surface area contributed by atoms with E-state index in [1.165, 1.54) is 11.5 Å². The van der Waals surface area contributed by atoms with Gasteiger partial charge in [0.15, 0.2) is 0 Å². The summed E-state index contributed by atoms with van der Waals surface area (Å²) in [6, 6.07) is 6.59. The Morgan fingerprint density at radius 3 is 2.87 bits per heavy atom. The molecule has 6 nitrogen and oxygen atoms in total. The van der Waals surface area contributed by atoms with Crippen LogP contribution in [0.4, 0.5) is 10.9 Å². The molecule has 1 aliphatic heterocycles. The number of aromatic nitrogens is 3. The van der Waals surface area contributed by atoms with Crippen molar-refractivity contribution in [3.63, 3.8) is 0 Å². The smallest absolute Gasteiger partial charge is 0.205 e. The van der Waals surface area contributed by atoms with E-state index in [1.54, 1.807) is 7.11 Å². The second-order valence-electron chi connectivity index (χ2n) is 5.75. The fraction of sp³-hybridized carbons (Fsp3) is 0.562. The van der Waals surface area contributed by atoms with Crippen molar-refractivity contribution in [2.24, 2.45) is 0 Å². The molecular weight excluding hydrogens is 310 g/mol. The van der Waals surface area contributed by atoms with Crippen molar-refractivity contribution in [1.82, 2.24) is 14.3 Å². The molecule has 0 bridgehead atoms. The maximum atomic E-state index is 5.08. The highest BCUT2D eigenvalue weighted by Gasteiger charge is 2.25. The van der Waals surface area contributed by atoms with Crippen LogP contribution < -0.4 is 9.80 Å². The second kappa shape index (κ2) is 7.70. The first-order valence-electron chi connectivity index (χ1n) is 7.98. The van der Waals surface area contributed by atoms with E-state index in [1.807, 2.05) is 18.3 Å². The van der Waals surface area contributed by atoms with E-state index in [9.17, 15) is 0 Å². The average molecular weight is 333 g/mol. The molecular formula is C16H23N5OS. The zero-order valence-electron chi connectivity index (χ0n) is 13.7. The second-order valence-corrected chi connectivity index (χ2v) is 6.48. The molecule has 1 saturated heterocycles. The third kappa shape index (κ3) is 3.97. The van der Waals surface area contributed by atoms with Crippen LogP contribution in [0.1, 0.15) is 18.7 Å². The Balaban J connectivity index is 1.55. The van der Waals surface area contributed by atoms with Gasteiger partial charge in [0.05, 0.1) is 6.61 Å². The normalized spacial score (nSPS) is 15.8. The highest BCUT2D eigenvalue weighted by molar-refractivity contribution is 7.09. The van der Waals surface area contributed by atoms with Gasteiger partial charge in [-0.1, -0.05) is 6.07 Å². The van der Waals surface area contributed by atoms with Gasteiger partial charge in [-0.15, -0.1) is 0 Å². The molecule has 0 radical (unpaired) electrons. The lowest BCUT2D eigenvalue weighted by atomic mass is 10.0. The molecule has 1 aliphatic rings. The maximum absolute atomic E-state index is 5.08. The number of hydrogen-bond acceptors (Lipinski definition) is 7. The number of methoxy groups -OCH3 is 1. The quantitative estimate of drug-likeness (QED) is 0.808. The predicted octanol–water partition coefficient (Wildman–Crippen LogP) is 2.23. The van der Waals surface area contributed by atoms with Gasteiger partial charge in [0.2, 0.25) is 5.13 Å². The summed E-state index contributed by atoms with van der Waals surface area (Å²) < 4.78 is 9.50. The van der Waals surface area contributed by atoms with Gasteiger partial charge < -0.3 is 14.5 Å². The molecule has 23 heavy (non-hydrogen) atoms. The van der Waals surface area contributed by atoms with Crippen LogP contribution in [0.5, 0.6) is 0 Å². The molecule has 3 rings (SSSR count). The molecule has 0 N–H and O–H groups in total. The Hall–Kier alpha value is -1.73. The van der Waals surface area contributed by atoms with Crippen molar-refractivity contribution in [2.45, 2.75) is 25.3 Å². The Bertz CT molecular complexity index is 598. The van der Waals surface area contributed by atoms with Gasteiger partial charge in [-0.05, 0) is 25.0 Å². The molecule has 124 valence electrons. The molecule has 2 aromatic heterocycles. The topological polar surface area (TPSA) is 54.4 Å². The van der Waals surface area contributed by atoms with E-state index in [0.717, 1.165) is 49.1 Å². The molecule has 2 aromatic rings. The summed E-state index contributed by atoms with van der Waals surface area (Å²) in [5, 5.41) is 1.04. The summed E-state index contributed by atoms with van der Waals surface area (Å²) in [7, 11) is 3.84. The van der Waals surface area contributed by atoms with Crippen LogP contribution in [0.3, 0.4) is 0 Å². The SMILES string of the molecule is COCCc1nsc(N2CCC(N(C)c3ccccn3)CC2)n1. The average Bonchev–Trinajstić information content (AvgIpc) is 3.09. The highest BCUT2D eigenvalue weighted by Crippen LogP contribution is 2.25. The minimum absolute atomic E-state index is 0.530. The summed E-state index contributed by atoms with van der Waals surface area (Å²) >= 11 is 1.50. The summed E-state index contributed by atoms with van der Waals surface area (Å²) in [5.74, 6) is 1.93. The van der Waals surface area contributed by atoms with Crippen molar-refractivity contribution in [3.05, 3.63) is 30.2 Å². The number of ether oxygens (including phenoxy) is 1. The number of piperidine rings is 1. The minimum Gasteiger partial charge on any atom is -0.384 e. The standard InChI is InChI=1S/C16H23N5OS/c1-20(15-5-3-4-9-17-15)13-6-10-21(11-7-13)16-18-14(19-23-16)8-12-22-2/h3-5,9,13H,6-8,10-12H2,1-2H3. The van der Waals surface area contributed by atoms with E-state index in [4.69, 9.17) is 4.74 Å². The molecule has 0 saturated carbocycles. The van der Waals surface area contributed by atoms with Gasteiger partial charge in [0.25, 0.3) is 0 Å². The number of rotatable bonds is 6. The molecule has 1 fully saturated rings. The first-order valence-corrected chi connectivity index (χ1v) is 8.75. The van der Waals surface area contributed by atoms with Gasteiger partial charge in [0.1, 0.15) is 11.6 Å². The minimum atomic E-state index is 0.530. The number of pyridine rings is 1. The predicted molar refractivity (Wildman–Crippen MR) is 93.4 cm³/mol. The monoisotopic (exact) mass is 333 g/mol. The van der Waals surface area contributed by atoms with Gasteiger partial charge in [0, 0.05) is 57.4 Å². The fourth-order valence-electron chi connectivity index (χ4n) is 2.86. The van der Waals surface area contributed by atoms with E-state index in [-0.39, 0.29) is 0 Å². The van der Waals surface area contributed by atoms with E-state index >= 15 is 0 Å². The molecule has 3 heterocycles.